The lowest BCUT2D eigenvalue weighted by molar-refractivity contribution is 0.866. The molecule has 0 bridgehead atoms. The van der Waals surface area contributed by atoms with Crippen LogP contribution in [0.25, 0.3) is 0 Å². The molecular weight excluding hydrogens is 208 g/mol. The van der Waals surface area contributed by atoms with Crippen LogP contribution in [0.5, 0.6) is 0 Å². The van der Waals surface area contributed by atoms with Gasteiger partial charge in [0.1, 0.15) is 0 Å². The monoisotopic (exact) mass is 218 g/mol. The highest BCUT2D eigenvalue weighted by Crippen LogP contribution is 1.91. The summed E-state index contributed by atoms with van der Waals surface area (Å²) in [4.78, 5) is 17.1. The molecule has 0 saturated carbocycles. The van der Waals surface area contributed by atoms with E-state index in [4.69, 9.17) is 0 Å². The fourth-order valence-corrected chi connectivity index (χ4v) is 0.802. The second kappa shape index (κ2) is 5.07. The van der Waals surface area contributed by atoms with Gasteiger partial charge in [0.25, 0.3) is 5.56 Å². The van der Waals surface area contributed by atoms with Crippen LogP contribution >= 0.6 is 17.0 Å². The highest BCUT2D eigenvalue weighted by Gasteiger charge is 1.90. The molecule has 1 heterocycles. The van der Waals surface area contributed by atoms with Gasteiger partial charge in [-0.25, -0.2) is 4.98 Å². The van der Waals surface area contributed by atoms with Gasteiger partial charge in [-0.1, -0.05) is 13.3 Å². The molecule has 0 unspecified atom stereocenters. The van der Waals surface area contributed by atoms with Crippen LogP contribution in [0.3, 0.4) is 0 Å². The maximum Gasteiger partial charge on any atom is 0.250 e. The lowest BCUT2D eigenvalue weighted by Gasteiger charge is -1.92. The van der Waals surface area contributed by atoms with Gasteiger partial charge in [-0.05, 0) is 6.42 Å². The summed E-state index contributed by atoms with van der Waals surface area (Å²) in [6.45, 7) is 2.06. The third-order valence-electron chi connectivity index (χ3n) is 1.24. The number of aromatic amines is 1. The number of nitrogens with one attached hydrogen (secondary N) is 1. The highest BCUT2D eigenvalue weighted by atomic mass is 79.9. The van der Waals surface area contributed by atoms with Crippen LogP contribution in [0.1, 0.15) is 19.0 Å². The zero-order chi connectivity index (χ0) is 7.40. The molecule has 62 valence electrons. The van der Waals surface area contributed by atoms with Crippen molar-refractivity contribution in [3.05, 3.63) is 28.4 Å². The van der Waals surface area contributed by atoms with E-state index in [9.17, 15) is 4.79 Å². The van der Waals surface area contributed by atoms with Gasteiger partial charge in [-0.15, -0.1) is 17.0 Å². The molecule has 11 heavy (non-hydrogen) atoms. The number of aryl methyl sites for hydroxylation is 1. The van der Waals surface area contributed by atoms with E-state index < -0.39 is 0 Å². The van der Waals surface area contributed by atoms with Crippen LogP contribution in [0.15, 0.2) is 17.2 Å². The molecule has 1 aromatic heterocycles. The summed E-state index contributed by atoms with van der Waals surface area (Å²) in [5.41, 5.74) is 0.796. The molecule has 0 atom stereocenters. The van der Waals surface area contributed by atoms with E-state index in [1.54, 1.807) is 0 Å². The van der Waals surface area contributed by atoms with Gasteiger partial charge in [0, 0.05) is 11.8 Å². The SMILES string of the molecule is Br.CCCc1cc(=O)[nH]cn1. The van der Waals surface area contributed by atoms with Crippen LogP contribution in [0, 0.1) is 0 Å². The van der Waals surface area contributed by atoms with E-state index in [1.165, 1.54) is 12.4 Å². The molecule has 4 heteroatoms. The fourth-order valence-electron chi connectivity index (χ4n) is 0.802. The molecule has 0 aliphatic rings. The van der Waals surface area contributed by atoms with E-state index in [0.29, 0.717) is 0 Å². The van der Waals surface area contributed by atoms with Crippen molar-refractivity contribution in [1.82, 2.24) is 9.97 Å². The lowest BCUT2D eigenvalue weighted by Crippen LogP contribution is -2.06. The summed E-state index contributed by atoms with van der Waals surface area (Å²) < 4.78 is 0. The standard InChI is InChI=1S/C7H10N2O.BrH/c1-2-3-6-4-7(10)9-5-8-6;/h4-5H,2-3H2,1H3,(H,8,9,10);1H. The molecule has 0 spiro atoms. The molecule has 0 aromatic carbocycles. The average molecular weight is 219 g/mol. The fraction of sp³-hybridized carbons (Fsp3) is 0.429. The van der Waals surface area contributed by atoms with Crippen molar-refractivity contribution in [3.63, 3.8) is 0 Å². The topological polar surface area (TPSA) is 45.8 Å². The van der Waals surface area contributed by atoms with Gasteiger partial charge in [0.2, 0.25) is 0 Å². The van der Waals surface area contributed by atoms with Crippen molar-refractivity contribution in [2.24, 2.45) is 0 Å². The first kappa shape index (κ1) is 10.4. The van der Waals surface area contributed by atoms with Gasteiger partial charge in [-0.3, -0.25) is 4.79 Å². The number of hydrogen-bond donors (Lipinski definition) is 1. The minimum Gasteiger partial charge on any atom is -0.313 e. The molecule has 0 saturated heterocycles. The first-order chi connectivity index (χ1) is 4.83. The zero-order valence-corrected chi connectivity index (χ0v) is 8.05. The Balaban J connectivity index is 0.000001000. The van der Waals surface area contributed by atoms with Gasteiger partial charge in [0.05, 0.1) is 6.33 Å². The number of rotatable bonds is 2. The molecule has 0 radical (unpaired) electrons. The minimum absolute atomic E-state index is 0. The quantitative estimate of drug-likeness (QED) is 0.814. The van der Waals surface area contributed by atoms with Gasteiger partial charge >= 0.3 is 0 Å². The van der Waals surface area contributed by atoms with Crippen molar-refractivity contribution in [2.75, 3.05) is 0 Å². The Bertz CT molecular complexity index is 259. The molecular formula is C7H11BrN2O. The predicted molar refractivity (Wildman–Crippen MR) is 49.2 cm³/mol. The van der Waals surface area contributed by atoms with E-state index in [-0.39, 0.29) is 22.5 Å². The van der Waals surface area contributed by atoms with Crippen molar-refractivity contribution in [3.8, 4) is 0 Å². The van der Waals surface area contributed by atoms with E-state index in [2.05, 4.69) is 16.9 Å². The van der Waals surface area contributed by atoms with Crippen molar-refractivity contribution >= 4 is 17.0 Å². The van der Waals surface area contributed by atoms with Crippen LogP contribution in [0.4, 0.5) is 0 Å². The zero-order valence-electron chi connectivity index (χ0n) is 6.33. The molecule has 3 nitrogen and oxygen atoms in total. The molecule has 0 aliphatic heterocycles. The Morgan fingerprint density at radius 3 is 2.91 bits per heavy atom. The summed E-state index contributed by atoms with van der Waals surface area (Å²) in [5, 5.41) is 0. The Labute approximate surface area is 75.6 Å². The molecule has 1 N–H and O–H groups in total. The summed E-state index contributed by atoms with van der Waals surface area (Å²) in [6.07, 6.45) is 3.34. The molecule has 0 aliphatic carbocycles. The number of H-pyrrole nitrogens is 1. The van der Waals surface area contributed by atoms with Crippen molar-refractivity contribution in [2.45, 2.75) is 19.8 Å². The number of aromatic nitrogens is 2. The highest BCUT2D eigenvalue weighted by molar-refractivity contribution is 8.93. The predicted octanol–water partition coefficient (Wildman–Crippen LogP) is 1.30. The Kier molecular flexibility index (Phi) is 4.77. The third kappa shape index (κ3) is 3.32. The average Bonchev–Trinajstić information content (AvgIpc) is 1.88. The molecule has 0 amide bonds. The summed E-state index contributed by atoms with van der Waals surface area (Å²) >= 11 is 0. The number of nitrogens with zero attached hydrogens (tertiary/aromatic N) is 1. The Morgan fingerprint density at radius 2 is 2.36 bits per heavy atom. The van der Waals surface area contributed by atoms with Gasteiger partial charge in [-0.2, -0.15) is 0 Å². The van der Waals surface area contributed by atoms with Crippen molar-refractivity contribution < 1.29 is 0 Å². The number of halogens is 1. The van der Waals surface area contributed by atoms with Crippen molar-refractivity contribution in [1.29, 1.82) is 0 Å². The van der Waals surface area contributed by atoms with Crippen LogP contribution in [0.2, 0.25) is 0 Å². The first-order valence-corrected chi connectivity index (χ1v) is 3.36. The van der Waals surface area contributed by atoms with Crippen LogP contribution in [-0.4, -0.2) is 9.97 Å². The second-order valence-corrected chi connectivity index (χ2v) is 2.15. The Morgan fingerprint density at radius 1 is 1.64 bits per heavy atom. The van der Waals surface area contributed by atoms with Gasteiger partial charge < -0.3 is 4.98 Å². The lowest BCUT2D eigenvalue weighted by atomic mass is 10.2. The minimum atomic E-state index is -0.0709. The normalized spacial score (nSPS) is 8.82. The largest absolute Gasteiger partial charge is 0.313 e. The first-order valence-electron chi connectivity index (χ1n) is 3.36. The van der Waals surface area contributed by atoms with E-state index >= 15 is 0 Å². The smallest absolute Gasteiger partial charge is 0.250 e. The van der Waals surface area contributed by atoms with Crippen LogP contribution < -0.4 is 5.56 Å². The van der Waals surface area contributed by atoms with Gasteiger partial charge in [0.15, 0.2) is 0 Å². The summed E-state index contributed by atoms with van der Waals surface area (Å²) in [6, 6.07) is 1.53. The van der Waals surface area contributed by atoms with E-state index in [0.717, 1.165) is 18.5 Å². The second-order valence-electron chi connectivity index (χ2n) is 2.15. The maximum absolute atomic E-state index is 10.7. The van der Waals surface area contributed by atoms with Crippen LogP contribution in [-0.2, 0) is 6.42 Å². The summed E-state index contributed by atoms with van der Waals surface area (Å²) in [5.74, 6) is 0. The number of hydrogen-bond acceptors (Lipinski definition) is 2. The third-order valence-corrected chi connectivity index (χ3v) is 1.24. The molecule has 1 rings (SSSR count). The maximum atomic E-state index is 10.7. The Hall–Kier alpha value is -0.640. The molecule has 1 aromatic rings. The molecule has 0 fully saturated rings. The van der Waals surface area contributed by atoms with E-state index in [1.807, 2.05) is 0 Å². The summed E-state index contributed by atoms with van der Waals surface area (Å²) in [7, 11) is 0.